The quantitative estimate of drug-likeness (QED) is 0.621. The van der Waals surface area contributed by atoms with Gasteiger partial charge in [-0.15, -0.1) is 0 Å². The highest BCUT2D eigenvalue weighted by Gasteiger charge is 2.39. The minimum Gasteiger partial charge on any atom is -0.493 e. The fraction of sp³-hybridized carbons (Fsp3) is 0.350. The number of fused-ring (bicyclic) bond motifs is 1. The number of hydrogen-bond donors (Lipinski definition) is 2. The molecule has 6 nitrogen and oxygen atoms in total. The number of carboxylic acids is 1. The van der Waals surface area contributed by atoms with Gasteiger partial charge < -0.3 is 19.7 Å². The first-order valence-corrected chi connectivity index (χ1v) is 9.15. The molecule has 0 saturated carbocycles. The summed E-state index contributed by atoms with van der Waals surface area (Å²) in [6.45, 7) is 6.78. The topological polar surface area (TPSA) is 70.6 Å². The van der Waals surface area contributed by atoms with Crippen molar-refractivity contribution in [3.8, 4) is 5.88 Å². The van der Waals surface area contributed by atoms with Crippen molar-refractivity contribution < 1.29 is 15.0 Å². The van der Waals surface area contributed by atoms with E-state index in [9.17, 15) is 9.90 Å². The zero-order chi connectivity index (χ0) is 19.9. The number of rotatable bonds is 4. The van der Waals surface area contributed by atoms with Gasteiger partial charge in [-0.25, -0.2) is 0 Å². The summed E-state index contributed by atoms with van der Waals surface area (Å²) in [7, 11) is 1.70. The van der Waals surface area contributed by atoms with Crippen LogP contribution >= 0.6 is 12.2 Å². The molecule has 0 unspecified atom stereocenters. The Hall–Kier alpha value is -2.76. The summed E-state index contributed by atoms with van der Waals surface area (Å²) in [5.74, 6) is -1.24. The Balaban J connectivity index is 2.16. The Bertz CT molecular complexity index is 1040. The number of aromatic hydroxyl groups is 1. The molecule has 0 atom stereocenters. The van der Waals surface area contributed by atoms with Crippen LogP contribution in [0.5, 0.6) is 5.88 Å². The molecule has 1 aliphatic heterocycles. The van der Waals surface area contributed by atoms with Gasteiger partial charge in [0.2, 0.25) is 5.88 Å². The van der Waals surface area contributed by atoms with Gasteiger partial charge in [-0.2, -0.15) is 0 Å². The molecule has 0 radical (unpaired) electrons. The molecule has 27 heavy (non-hydrogen) atoms. The van der Waals surface area contributed by atoms with E-state index < -0.39 is 5.97 Å². The highest BCUT2D eigenvalue weighted by atomic mass is 32.1. The highest BCUT2D eigenvalue weighted by molar-refractivity contribution is 7.71. The number of nitrogens with zero attached hydrogens (tertiary/aromatic N) is 3. The molecule has 1 aromatic carbocycles. The van der Waals surface area contributed by atoms with E-state index in [1.165, 1.54) is 10.1 Å². The maximum Gasteiger partial charge on any atom is 0.323 e. The highest BCUT2D eigenvalue weighted by Crippen LogP contribution is 2.46. The summed E-state index contributed by atoms with van der Waals surface area (Å²) in [5.41, 5.74) is 6.90. The molecule has 2 heterocycles. The average Bonchev–Trinajstić information content (AvgIpc) is 2.96. The van der Waals surface area contributed by atoms with Crippen LogP contribution in [0.4, 0.5) is 5.69 Å². The Kier molecular flexibility index (Phi) is 4.76. The second-order valence-corrected chi connectivity index (χ2v) is 7.42. The normalized spacial score (nSPS) is 14.8. The van der Waals surface area contributed by atoms with Gasteiger partial charge in [-0.3, -0.25) is 9.36 Å². The van der Waals surface area contributed by atoms with Crippen molar-refractivity contribution in [1.82, 2.24) is 9.13 Å². The van der Waals surface area contributed by atoms with E-state index in [-0.39, 0.29) is 22.6 Å². The van der Waals surface area contributed by atoms with Crippen molar-refractivity contribution >= 4 is 30.0 Å². The summed E-state index contributed by atoms with van der Waals surface area (Å²) in [6.07, 6.45) is 1.68. The number of aromatic nitrogens is 2. The van der Waals surface area contributed by atoms with Crippen LogP contribution in [-0.2, 0) is 23.8 Å². The van der Waals surface area contributed by atoms with Gasteiger partial charge in [-0.05, 0) is 44.6 Å². The number of carbonyl (C=O) groups is 1. The molecular formula is C20H23N3O3S. The van der Waals surface area contributed by atoms with E-state index in [1.807, 2.05) is 12.1 Å². The molecule has 0 amide bonds. The van der Waals surface area contributed by atoms with Crippen LogP contribution in [-0.4, -0.2) is 31.9 Å². The van der Waals surface area contributed by atoms with Crippen LogP contribution in [0.2, 0.25) is 0 Å². The first-order valence-electron chi connectivity index (χ1n) is 8.74. The molecule has 0 bridgehead atoms. The third-order valence-corrected chi connectivity index (χ3v) is 5.54. The third-order valence-electron chi connectivity index (χ3n) is 5.05. The lowest BCUT2D eigenvalue weighted by molar-refractivity contribution is -0.137. The minimum atomic E-state index is -1.06. The number of aliphatic carboxylic acids is 1. The van der Waals surface area contributed by atoms with E-state index in [0.29, 0.717) is 5.69 Å². The number of carboxylic acid groups (broad SMARTS) is 1. The van der Waals surface area contributed by atoms with E-state index in [1.54, 1.807) is 17.7 Å². The van der Waals surface area contributed by atoms with Crippen LogP contribution < -0.4 is 4.90 Å². The average molecular weight is 385 g/mol. The van der Waals surface area contributed by atoms with Crippen molar-refractivity contribution in [2.24, 2.45) is 7.05 Å². The molecule has 2 N–H and O–H groups in total. The molecule has 7 heteroatoms. The number of allylic oxidation sites excluding steroid dienone is 1. The third kappa shape index (κ3) is 2.99. The fourth-order valence-corrected chi connectivity index (χ4v) is 3.90. The van der Waals surface area contributed by atoms with Crippen LogP contribution in [0.1, 0.15) is 32.0 Å². The van der Waals surface area contributed by atoms with Gasteiger partial charge in [0.15, 0.2) is 4.77 Å². The molecular weight excluding hydrogens is 362 g/mol. The van der Waals surface area contributed by atoms with Crippen LogP contribution in [0.25, 0.3) is 6.08 Å². The van der Waals surface area contributed by atoms with E-state index in [0.717, 1.165) is 17.9 Å². The second-order valence-electron chi connectivity index (χ2n) is 7.05. The zero-order valence-corrected chi connectivity index (χ0v) is 16.7. The first kappa shape index (κ1) is 19.0. The van der Waals surface area contributed by atoms with Crippen molar-refractivity contribution in [3.63, 3.8) is 0 Å². The number of likely N-dealkylation sites (N-methyl/N-ethyl adjacent to an activating group) is 1. The fourth-order valence-electron chi connectivity index (χ4n) is 3.65. The molecule has 2 aromatic rings. The predicted molar refractivity (Wildman–Crippen MR) is 108 cm³/mol. The van der Waals surface area contributed by atoms with Crippen LogP contribution in [0.3, 0.4) is 0 Å². The lowest BCUT2D eigenvalue weighted by atomic mass is 9.84. The minimum absolute atomic E-state index is 0.172. The lowest BCUT2D eigenvalue weighted by Gasteiger charge is -2.23. The molecule has 1 aromatic heterocycles. The molecule has 0 fully saturated rings. The van der Waals surface area contributed by atoms with Gasteiger partial charge in [0, 0.05) is 30.8 Å². The molecule has 142 valence electrons. The summed E-state index contributed by atoms with van der Waals surface area (Å²) in [5, 5.41) is 19.5. The predicted octanol–water partition coefficient (Wildman–Crippen LogP) is 3.66. The Morgan fingerprint density at radius 3 is 2.63 bits per heavy atom. The largest absolute Gasteiger partial charge is 0.493 e. The standard InChI is InChI=1S/C20H23N3O3S/c1-5-22-14-9-7-6-8-13(14)20(2,3)16(22)11-10-15-18(26)23(12-17(24)25)19(27)21(15)4/h6-10,26H,5,12H2,1-4H3,(H,24,25). The van der Waals surface area contributed by atoms with E-state index >= 15 is 0 Å². The summed E-state index contributed by atoms with van der Waals surface area (Å²) < 4.78 is 3.03. The zero-order valence-electron chi connectivity index (χ0n) is 15.9. The van der Waals surface area contributed by atoms with Crippen molar-refractivity contribution in [2.75, 3.05) is 11.4 Å². The Labute approximate surface area is 163 Å². The van der Waals surface area contributed by atoms with Crippen LogP contribution in [0.15, 0.2) is 35.7 Å². The van der Waals surface area contributed by atoms with E-state index in [2.05, 4.69) is 43.5 Å². The van der Waals surface area contributed by atoms with Gasteiger partial charge in [0.05, 0.1) is 5.70 Å². The molecule has 3 rings (SSSR count). The number of benzene rings is 1. The SMILES string of the molecule is CCN1C(=C=Cc2c(O)n(CC(=O)O)c(=S)n2C)C(C)(C)c2ccccc21. The number of imidazole rings is 1. The van der Waals surface area contributed by atoms with Gasteiger partial charge in [-0.1, -0.05) is 23.9 Å². The van der Waals surface area contributed by atoms with Gasteiger partial charge in [0.1, 0.15) is 12.2 Å². The Morgan fingerprint density at radius 1 is 1.33 bits per heavy atom. The van der Waals surface area contributed by atoms with Crippen molar-refractivity contribution in [1.29, 1.82) is 0 Å². The summed E-state index contributed by atoms with van der Waals surface area (Å²) >= 11 is 5.25. The number of anilines is 1. The maximum absolute atomic E-state index is 11.0. The van der Waals surface area contributed by atoms with Crippen molar-refractivity contribution in [3.05, 3.63) is 51.7 Å². The smallest absolute Gasteiger partial charge is 0.323 e. The summed E-state index contributed by atoms with van der Waals surface area (Å²) in [4.78, 5) is 13.2. The molecule has 0 aliphatic carbocycles. The van der Waals surface area contributed by atoms with Crippen LogP contribution in [0, 0.1) is 4.77 Å². The Morgan fingerprint density at radius 2 is 2.00 bits per heavy atom. The maximum atomic E-state index is 11.0. The second kappa shape index (κ2) is 6.76. The number of para-hydroxylation sites is 1. The molecule has 0 spiro atoms. The van der Waals surface area contributed by atoms with Gasteiger partial charge >= 0.3 is 5.97 Å². The number of hydrogen-bond acceptors (Lipinski definition) is 4. The van der Waals surface area contributed by atoms with Crippen molar-refractivity contribution in [2.45, 2.75) is 32.7 Å². The van der Waals surface area contributed by atoms with E-state index in [4.69, 9.17) is 17.3 Å². The monoisotopic (exact) mass is 385 g/mol. The molecule has 0 saturated heterocycles. The first-order chi connectivity index (χ1) is 12.7. The van der Waals surface area contributed by atoms with Gasteiger partial charge in [0.25, 0.3) is 0 Å². The molecule has 1 aliphatic rings. The lowest BCUT2D eigenvalue weighted by Crippen LogP contribution is -2.25. The summed E-state index contributed by atoms with van der Waals surface area (Å²) in [6, 6.07) is 8.26.